The van der Waals surface area contributed by atoms with Gasteiger partial charge in [-0.3, -0.25) is 0 Å². The first-order chi connectivity index (χ1) is 11.7. The van der Waals surface area contributed by atoms with Gasteiger partial charge in [-0.25, -0.2) is 9.97 Å². The van der Waals surface area contributed by atoms with E-state index < -0.39 is 0 Å². The third-order valence-electron chi connectivity index (χ3n) is 4.67. The van der Waals surface area contributed by atoms with Gasteiger partial charge in [-0.1, -0.05) is 6.07 Å². The highest BCUT2D eigenvalue weighted by Gasteiger charge is 2.22. The fourth-order valence-corrected chi connectivity index (χ4v) is 3.28. The second-order valence-electron chi connectivity index (χ2n) is 6.48. The average molecular weight is 322 g/mol. The van der Waals surface area contributed by atoms with E-state index in [1.165, 1.54) is 10.9 Å². The number of piperidine rings is 1. The van der Waals surface area contributed by atoms with Crippen LogP contribution in [0.15, 0.2) is 42.9 Å². The number of aromatic nitrogens is 3. The van der Waals surface area contributed by atoms with Crippen molar-refractivity contribution in [3.05, 3.63) is 48.4 Å². The Kier molecular flexibility index (Phi) is 3.84. The van der Waals surface area contributed by atoms with Crippen molar-refractivity contribution in [3.63, 3.8) is 0 Å². The maximum Gasteiger partial charge on any atom is 0.225 e. The summed E-state index contributed by atoms with van der Waals surface area (Å²) in [6.45, 7) is 3.87. The summed E-state index contributed by atoms with van der Waals surface area (Å²) in [4.78, 5) is 11.1. The summed E-state index contributed by atoms with van der Waals surface area (Å²) in [5.41, 5.74) is 2.30. The Labute approximate surface area is 141 Å². The maximum atomic E-state index is 6.30. The Bertz CT molecular complexity index is 832. The number of anilines is 1. The molecule has 2 aromatic heterocycles. The van der Waals surface area contributed by atoms with E-state index in [0.29, 0.717) is 0 Å². The highest BCUT2D eigenvalue weighted by molar-refractivity contribution is 5.86. The predicted octanol–water partition coefficient (Wildman–Crippen LogP) is 3.32. The van der Waals surface area contributed by atoms with Gasteiger partial charge in [0, 0.05) is 57.0 Å². The normalized spacial score (nSPS) is 15.8. The van der Waals surface area contributed by atoms with Gasteiger partial charge in [0.2, 0.25) is 5.95 Å². The lowest BCUT2D eigenvalue weighted by Gasteiger charge is -2.32. The topological polar surface area (TPSA) is 43.2 Å². The largest absolute Gasteiger partial charge is 0.490 e. The number of aryl methyl sites for hydroxylation is 2. The van der Waals surface area contributed by atoms with Crippen molar-refractivity contribution in [2.24, 2.45) is 7.05 Å². The van der Waals surface area contributed by atoms with Crippen LogP contribution >= 0.6 is 0 Å². The van der Waals surface area contributed by atoms with E-state index in [-0.39, 0.29) is 6.10 Å². The summed E-state index contributed by atoms with van der Waals surface area (Å²) >= 11 is 0. The molecule has 1 aromatic carbocycles. The van der Waals surface area contributed by atoms with Crippen LogP contribution in [0.4, 0.5) is 5.95 Å². The zero-order chi connectivity index (χ0) is 16.5. The Morgan fingerprint density at radius 2 is 1.83 bits per heavy atom. The summed E-state index contributed by atoms with van der Waals surface area (Å²) in [5.74, 6) is 1.81. The van der Waals surface area contributed by atoms with E-state index >= 15 is 0 Å². The Morgan fingerprint density at radius 3 is 2.58 bits per heavy atom. The van der Waals surface area contributed by atoms with Crippen LogP contribution in [0.25, 0.3) is 10.9 Å². The molecule has 5 nitrogen and oxygen atoms in total. The second-order valence-corrected chi connectivity index (χ2v) is 6.48. The van der Waals surface area contributed by atoms with Gasteiger partial charge in [-0.15, -0.1) is 0 Å². The molecule has 0 atom stereocenters. The molecule has 0 unspecified atom stereocenters. The molecule has 0 aliphatic carbocycles. The predicted molar refractivity (Wildman–Crippen MR) is 95.6 cm³/mol. The van der Waals surface area contributed by atoms with E-state index in [2.05, 4.69) is 56.9 Å². The van der Waals surface area contributed by atoms with E-state index in [0.717, 1.165) is 43.2 Å². The molecule has 0 radical (unpaired) electrons. The minimum Gasteiger partial charge on any atom is -0.490 e. The van der Waals surface area contributed by atoms with Crippen molar-refractivity contribution in [2.45, 2.75) is 25.9 Å². The maximum absolute atomic E-state index is 6.30. The van der Waals surface area contributed by atoms with Crippen molar-refractivity contribution in [3.8, 4) is 5.75 Å². The number of benzene rings is 1. The van der Waals surface area contributed by atoms with Crippen molar-refractivity contribution < 1.29 is 4.74 Å². The second kappa shape index (κ2) is 6.15. The summed E-state index contributed by atoms with van der Waals surface area (Å²) in [7, 11) is 2.06. The Morgan fingerprint density at radius 1 is 1.08 bits per heavy atom. The summed E-state index contributed by atoms with van der Waals surface area (Å²) in [6, 6.07) is 8.38. The van der Waals surface area contributed by atoms with Gasteiger partial charge in [0.1, 0.15) is 11.9 Å². The van der Waals surface area contributed by atoms with Crippen LogP contribution in [0.5, 0.6) is 5.75 Å². The van der Waals surface area contributed by atoms with Gasteiger partial charge in [0.25, 0.3) is 0 Å². The average Bonchev–Trinajstić information content (AvgIpc) is 2.99. The standard InChI is InChI=1S/C19H22N4O/c1-14-12-20-19(21-13-14)23-10-6-15(7-11-23)24-18-5-3-4-17-16(18)8-9-22(17)2/h3-5,8-9,12-13,15H,6-7,10-11H2,1-2H3. The van der Waals surface area contributed by atoms with Crippen LogP contribution in [0.2, 0.25) is 0 Å². The van der Waals surface area contributed by atoms with E-state index in [1.54, 1.807) is 0 Å². The molecule has 124 valence electrons. The number of nitrogens with zero attached hydrogens (tertiary/aromatic N) is 4. The van der Waals surface area contributed by atoms with E-state index in [4.69, 9.17) is 4.74 Å². The fraction of sp³-hybridized carbons (Fsp3) is 0.368. The molecule has 3 heterocycles. The first-order valence-corrected chi connectivity index (χ1v) is 8.45. The molecule has 3 aromatic rings. The molecule has 1 aliphatic heterocycles. The van der Waals surface area contributed by atoms with Crippen LogP contribution in [-0.2, 0) is 7.05 Å². The molecule has 4 rings (SSSR count). The summed E-state index contributed by atoms with van der Waals surface area (Å²) in [5, 5.41) is 1.18. The first kappa shape index (κ1) is 15.0. The number of rotatable bonds is 3. The third-order valence-corrected chi connectivity index (χ3v) is 4.67. The quantitative estimate of drug-likeness (QED) is 0.742. The Balaban J connectivity index is 1.43. The van der Waals surface area contributed by atoms with Crippen molar-refractivity contribution in [1.29, 1.82) is 0 Å². The van der Waals surface area contributed by atoms with Crippen LogP contribution in [0.3, 0.4) is 0 Å². The van der Waals surface area contributed by atoms with Crippen LogP contribution in [0.1, 0.15) is 18.4 Å². The first-order valence-electron chi connectivity index (χ1n) is 8.45. The van der Waals surface area contributed by atoms with Gasteiger partial charge in [-0.05, 0) is 30.7 Å². The molecule has 0 saturated carbocycles. The molecule has 5 heteroatoms. The van der Waals surface area contributed by atoms with Gasteiger partial charge in [0.15, 0.2) is 0 Å². The molecule has 0 spiro atoms. The van der Waals surface area contributed by atoms with E-state index in [9.17, 15) is 0 Å². The summed E-state index contributed by atoms with van der Waals surface area (Å²) in [6.07, 6.45) is 8.05. The molecule has 1 fully saturated rings. The zero-order valence-corrected chi connectivity index (χ0v) is 14.1. The highest BCUT2D eigenvalue weighted by Crippen LogP contribution is 2.29. The molecule has 1 saturated heterocycles. The van der Waals surface area contributed by atoms with Crippen molar-refractivity contribution in [2.75, 3.05) is 18.0 Å². The van der Waals surface area contributed by atoms with Gasteiger partial charge >= 0.3 is 0 Å². The van der Waals surface area contributed by atoms with Crippen molar-refractivity contribution in [1.82, 2.24) is 14.5 Å². The minimum atomic E-state index is 0.248. The molecule has 24 heavy (non-hydrogen) atoms. The lowest BCUT2D eigenvalue weighted by molar-refractivity contribution is 0.172. The lowest BCUT2D eigenvalue weighted by Crippen LogP contribution is -2.39. The lowest BCUT2D eigenvalue weighted by atomic mass is 10.1. The highest BCUT2D eigenvalue weighted by atomic mass is 16.5. The SMILES string of the molecule is Cc1cnc(N2CCC(Oc3cccc4c3ccn4C)CC2)nc1. The molecule has 0 N–H and O–H groups in total. The number of hydrogen-bond acceptors (Lipinski definition) is 4. The number of hydrogen-bond donors (Lipinski definition) is 0. The molecule has 0 amide bonds. The van der Waals surface area contributed by atoms with Gasteiger partial charge < -0.3 is 14.2 Å². The fourth-order valence-electron chi connectivity index (χ4n) is 3.28. The number of fused-ring (bicyclic) bond motifs is 1. The van der Waals surface area contributed by atoms with Crippen LogP contribution in [0, 0.1) is 6.92 Å². The molecule has 0 bridgehead atoms. The van der Waals surface area contributed by atoms with Gasteiger partial charge in [-0.2, -0.15) is 0 Å². The minimum absolute atomic E-state index is 0.248. The van der Waals surface area contributed by atoms with Crippen LogP contribution in [-0.4, -0.2) is 33.7 Å². The monoisotopic (exact) mass is 322 g/mol. The third kappa shape index (κ3) is 2.82. The van der Waals surface area contributed by atoms with E-state index in [1.807, 2.05) is 19.3 Å². The zero-order valence-electron chi connectivity index (χ0n) is 14.1. The Hall–Kier alpha value is -2.56. The molecular weight excluding hydrogens is 300 g/mol. The smallest absolute Gasteiger partial charge is 0.225 e. The van der Waals surface area contributed by atoms with Gasteiger partial charge in [0.05, 0.1) is 5.52 Å². The van der Waals surface area contributed by atoms with Crippen molar-refractivity contribution >= 4 is 16.9 Å². The van der Waals surface area contributed by atoms with Crippen LogP contribution < -0.4 is 9.64 Å². The molecule has 1 aliphatic rings. The molecular formula is C19H22N4O. The summed E-state index contributed by atoms with van der Waals surface area (Å²) < 4.78 is 8.43. The number of ether oxygens (including phenoxy) is 1.